The van der Waals surface area contributed by atoms with Gasteiger partial charge in [-0.05, 0) is 51.2 Å². The van der Waals surface area contributed by atoms with E-state index in [2.05, 4.69) is 19.9 Å². The Labute approximate surface area is 189 Å². The molecule has 1 aliphatic rings. The molecule has 1 N–H and O–H groups in total. The van der Waals surface area contributed by atoms with Crippen LogP contribution in [0.5, 0.6) is 0 Å². The number of carbonyl (C=O) groups excluding carboxylic acids is 1. The third-order valence-electron chi connectivity index (χ3n) is 4.64. The van der Waals surface area contributed by atoms with E-state index in [9.17, 15) is 4.79 Å². The SMILES string of the molecule is C/C=C/C(CCCCO)OC1C=C(C)C(=O)CC1.CC.CC.CCCCCCCC. The Kier molecular flexibility index (Phi) is 31.5. The van der Waals surface area contributed by atoms with Crippen LogP contribution in [0.2, 0.25) is 0 Å². The molecule has 0 radical (unpaired) electrons. The Bertz CT molecular complexity index is 393. The highest BCUT2D eigenvalue weighted by Gasteiger charge is 2.20. The van der Waals surface area contributed by atoms with Gasteiger partial charge in [0.2, 0.25) is 0 Å². The van der Waals surface area contributed by atoms with Crippen LogP contribution in [0.3, 0.4) is 0 Å². The van der Waals surface area contributed by atoms with Gasteiger partial charge in [-0.1, -0.05) is 92.2 Å². The van der Waals surface area contributed by atoms with Gasteiger partial charge < -0.3 is 9.84 Å². The molecule has 0 heterocycles. The summed E-state index contributed by atoms with van der Waals surface area (Å²) in [5, 5.41) is 8.79. The van der Waals surface area contributed by atoms with Crippen LogP contribution >= 0.6 is 0 Å². The van der Waals surface area contributed by atoms with Gasteiger partial charge in [0, 0.05) is 13.0 Å². The fourth-order valence-electron chi connectivity index (χ4n) is 2.99. The number of unbranched alkanes of at least 4 members (excludes halogenated alkanes) is 6. The Morgan fingerprint density at radius 1 is 1.03 bits per heavy atom. The maximum atomic E-state index is 11.4. The van der Waals surface area contributed by atoms with Crippen LogP contribution in [0.4, 0.5) is 0 Å². The summed E-state index contributed by atoms with van der Waals surface area (Å²) in [4.78, 5) is 11.4. The predicted octanol–water partition coefficient (Wildman–Crippen LogP) is 8.21. The molecule has 2 unspecified atom stereocenters. The van der Waals surface area contributed by atoms with Crippen LogP contribution < -0.4 is 0 Å². The van der Waals surface area contributed by atoms with Gasteiger partial charge in [0.15, 0.2) is 5.78 Å². The topological polar surface area (TPSA) is 46.5 Å². The number of Topliss-reactive ketones (excluding diaryl/α,β-unsaturated/α-hetero) is 1. The molecule has 0 spiro atoms. The van der Waals surface area contributed by atoms with E-state index in [0.717, 1.165) is 31.3 Å². The molecule has 0 aliphatic heterocycles. The van der Waals surface area contributed by atoms with Crippen molar-refractivity contribution in [2.45, 2.75) is 138 Å². The van der Waals surface area contributed by atoms with Gasteiger partial charge in [0.1, 0.15) is 0 Å². The van der Waals surface area contributed by atoms with E-state index in [0.29, 0.717) is 6.42 Å². The minimum atomic E-state index is 0.0537. The smallest absolute Gasteiger partial charge is 0.158 e. The predicted molar refractivity (Wildman–Crippen MR) is 134 cm³/mol. The number of ketones is 1. The summed E-state index contributed by atoms with van der Waals surface area (Å²) in [6, 6.07) is 0. The van der Waals surface area contributed by atoms with Crippen molar-refractivity contribution in [1.82, 2.24) is 0 Å². The molecule has 180 valence electrons. The van der Waals surface area contributed by atoms with Crippen molar-refractivity contribution in [3.8, 4) is 0 Å². The molecule has 3 heteroatoms. The molecule has 0 amide bonds. The van der Waals surface area contributed by atoms with E-state index in [-0.39, 0.29) is 24.6 Å². The van der Waals surface area contributed by atoms with Crippen molar-refractivity contribution in [1.29, 1.82) is 0 Å². The molecule has 0 bridgehead atoms. The van der Waals surface area contributed by atoms with Crippen LogP contribution in [0.25, 0.3) is 0 Å². The van der Waals surface area contributed by atoms with Gasteiger partial charge in [0.25, 0.3) is 0 Å². The summed E-state index contributed by atoms with van der Waals surface area (Å²) in [5.74, 6) is 0.234. The summed E-state index contributed by atoms with van der Waals surface area (Å²) in [6.45, 7) is 16.6. The third kappa shape index (κ3) is 21.8. The number of ether oxygens (including phenoxy) is 1. The van der Waals surface area contributed by atoms with Crippen LogP contribution in [-0.4, -0.2) is 29.7 Å². The molecule has 0 saturated carbocycles. The zero-order valence-electron chi connectivity index (χ0n) is 21.6. The second kappa shape index (κ2) is 28.1. The standard InChI is InChI=1S/C15H24O3.C8H18.2C2H6/c1-3-6-13(7-4-5-10-16)18-14-8-9-15(17)12(2)11-14;1-3-5-7-8-6-4-2;2*1-2/h3,6,11,13-14,16H,4-5,7-10H2,1-2H3;3-8H2,1-2H3;2*1-2H3/b6-3+;;;. The number of allylic oxidation sites excluding steroid dienone is 2. The molecule has 2 atom stereocenters. The van der Waals surface area contributed by atoms with Gasteiger partial charge in [-0.2, -0.15) is 0 Å². The number of carbonyl (C=O) groups is 1. The lowest BCUT2D eigenvalue weighted by molar-refractivity contribution is -0.117. The van der Waals surface area contributed by atoms with E-state index in [1.807, 2.05) is 53.7 Å². The first-order chi connectivity index (χ1) is 14.6. The molecule has 1 aliphatic carbocycles. The number of hydrogen-bond acceptors (Lipinski definition) is 3. The lowest BCUT2D eigenvalue weighted by atomic mass is 9.97. The van der Waals surface area contributed by atoms with Crippen molar-refractivity contribution in [2.75, 3.05) is 6.61 Å². The van der Waals surface area contributed by atoms with Crippen molar-refractivity contribution >= 4 is 5.78 Å². The minimum absolute atomic E-state index is 0.0537. The van der Waals surface area contributed by atoms with Crippen molar-refractivity contribution in [2.24, 2.45) is 0 Å². The van der Waals surface area contributed by atoms with Crippen LogP contribution in [0.15, 0.2) is 23.8 Å². The van der Waals surface area contributed by atoms with Crippen LogP contribution in [-0.2, 0) is 9.53 Å². The summed E-state index contributed by atoms with van der Waals surface area (Å²) in [5.41, 5.74) is 0.820. The van der Waals surface area contributed by atoms with E-state index >= 15 is 0 Å². The second-order valence-electron chi connectivity index (χ2n) is 7.18. The highest BCUT2D eigenvalue weighted by atomic mass is 16.5. The van der Waals surface area contributed by atoms with Crippen LogP contribution in [0.1, 0.15) is 126 Å². The Morgan fingerprint density at radius 3 is 2.03 bits per heavy atom. The first kappa shape index (κ1) is 33.7. The van der Waals surface area contributed by atoms with Gasteiger partial charge >= 0.3 is 0 Å². The monoisotopic (exact) mass is 426 g/mol. The van der Waals surface area contributed by atoms with Gasteiger partial charge in [-0.15, -0.1) is 0 Å². The summed E-state index contributed by atoms with van der Waals surface area (Å²) in [7, 11) is 0. The van der Waals surface area contributed by atoms with Crippen LogP contribution in [0, 0.1) is 0 Å². The molecule has 0 aromatic heterocycles. The first-order valence-corrected chi connectivity index (χ1v) is 12.7. The normalized spacial score (nSPS) is 16.4. The summed E-state index contributed by atoms with van der Waals surface area (Å²) < 4.78 is 6.00. The molecule has 3 nitrogen and oxygen atoms in total. The molecular formula is C27H54O3. The quantitative estimate of drug-likeness (QED) is 0.252. The maximum absolute atomic E-state index is 11.4. The van der Waals surface area contributed by atoms with Gasteiger partial charge in [-0.3, -0.25) is 4.79 Å². The average molecular weight is 427 g/mol. The molecule has 30 heavy (non-hydrogen) atoms. The van der Waals surface area contributed by atoms with Crippen molar-refractivity contribution in [3.05, 3.63) is 23.8 Å². The second-order valence-corrected chi connectivity index (χ2v) is 7.18. The minimum Gasteiger partial charge on any atom is -0.396 e. The lowest BCUT2D eigenvalue weighted by Gasteiger charge is -2.24. The zero-order chi connectivity index (χ0) is 23.6. The molecule has 0 aromatic rings. The van der Waals surface area contributed by atoms with Crippen molar-refractivity contribution in [3.63, 3.8) is 0 Å². The van der Waals surface area contributed by atoms with Crippen molar-refractivity contribution < 1.29 is 14.6 Å². The number of rotatable bonds is 12. The third-order valence-corrected chi connectivity index (χ3v) is 4.64. The molecular weight excluding hydrogens is 372 g/mol. The van der Waals surface area contributed by atoms with E-state index in [4.69, 9.17) is 9.84 Å². The highest BCUT2D eigenvalue weighted by molar-refractivity contribution is 5.95. The zero-order valence-corrected chi connectivity index (χ0v) is 21.6. The summed E-state index contributed by atoms with van der Waals surface area (Å²) >= 11 is 0. The molecule has 0 saturated heterocycles. The van der Waals surface area contributed by atoms with Gasteiger partial charge in [-0.25, -0.2) is 0 Å². The average Bonchev–Trinajstić information content (AvgIpc) is 2.77. The number of aliphatic hydroxyl groups excluding tert-OH is 1. The molecule has 0 fully saturated rings. The van der Waals surface area contributed by atoms with Gasteiger partial charge in [0.05, 0.1) is 12.2 Å². The lowest BCUT2D eigenvalue weighted by Crippen LogP contribution is -2.24. The molecule has 0 aromatic carbocycles. The molecule has 1 rings (SSSR count). The Balaban J connectivity index is -0.000000510. The number of aliphatic hydroxyl groups is 1. The fraction of sp³-hybridized carbons (Fsp3) is 0.815. The first-order valence-electron chi connectivity index (χ1n) is 12.7. The van der Waals surface area contributed by atoms with E-state index in [1.54, 1.807) is 0 Å². The maximum Gasteiger partial charge on any atom is 0.158 e. The summed E-state index contributed by atoms with van der Waals surface area (Å²) in [6.07, 6.45) is 18.7. The largest absolute Gasteiger partial charge is 0.396 e. The van der Waals surface area contributed by atoms with E-state index < -0.39 is 0 Å². The number of hydrogen-bond donors (Lipinski definition) is 1. The fourth-order valence-corrected chi connectivity index (χ4v) is 2.99. The Morgan fingerprint density at radius 2 is 1.60 bits per heavy atom. The Hall–Kier alpha value is -0.930. The van der Waals surface area contributed by atoms with E-state index in [1.165, 1.54) is 38.5 Å². The highest BCUT2D eigenvalue weighted by Crippen LogP contribution is 2.20.